The van der Waals surface area contributed by atoms with Gasteiger partial charge in [0.2, 0.25) is 5.82 Å². The van der Waals surface area contributed by atoms with Crippen molar-refractivity contribution in [2.75, 3.05) is 40.3 Å². The van der Waals surface area contributed by atoms with E-state index in [0.717, 1.165) is 44.6 Å². The number of methoxy groups -OCH3 is 1. The van der Waals surface area contributed by atoms with Gasteiger partial charge in [-0.25, -0.2) is 9.89 Å². The lowest BCUT2D eigenvalue weighted by molar-refractivity contribution is 0.0719. The summed E-state index contributed by atoms with van der Waals surface area (Å²) in [6, 6.07) is 8.13. The van der Waals surface area contributed by atoms with Gasteiger partial charge >= 0.3 is 5.69 Å². The van der Waals surface area contributed by atoms with Crippen molar-refractivity contribution >= 4 is 5.91 Å². The molecule has 1 unspecified atom stereocenters. The van der Waals surface area contributed by atoms with Crippen LogP contribution in [-0.4, -0.2) is 71.2 Å². The molecule has 1 aliphatic heterocycles. The molecule has 8 heteroatoms. The number of likely N-dealkylation sites (tertiary alicyclic amines) is 1. The summed E-state index contributed by atoms with van der Waals surface area (Å²) in [5, 5.41) is 5.95. The van der Waals surface area contributed by atoms with E-state index in [-0.39, 0.29) is 11.7 Å². The van der Waals surface area contributed by atoms with Crippen LogP contribution >= 0.6 is 0 Å². The van der Waals surface area contributed by atoms with Crippen molar-refractivity contribution in [3.05, 3.63) is 46.1 Å². The third-order valence-corrected chi connectivity index (χ3v) is 5.08. The number of benzene rings is 1. The van der Waals surface area contributed by atoms with Gasteiger partial charge in [-0.1, -0.05) is 18.2 Å². The molecule has 2 aromatic rings. The maximum Gasteiger partial charge on any atom is 0.341 e. The number of hydrogen-bond acceptors (Lipinski definition) is 5. The fourth-order valence-electron chi connectivity index (χ4n) is 3.71. The van der Waals surface area contributed by atoms with Crippen LogP contribution in [0.25, 0.3) is 0 Å². The van der Waals surface area contributed by atoms with Gasteiger partial charge in [0.1, 0.15) is 5.75 Å². The highest BCUT2D eigenvalue weighted by molar-refractivity contribution is 5.90. The normalized spacial score (nSPS) is 17.6. The molecule has 1 fully saturated rings. The molecule has 27 heavy (non-hydrogen) atoms. The molecular weight excluding hydrogens is 346 g/mol. The minimum atomic E-state index is -0.466. The minimum absolute atomic E-state index is 0.0614. The minimum Gasteiger partial charge on any atom is -0.496 e. The average molecular weight is 373 g/mol. The largest absolute Gasteiger partial charge is 0.496 e. The molecule has 1 aromatic heterocycles. The summed E-state index contributed by atoms with van der Waals surface area (Å²) in [6.07, 6.45) is 3.16. The van der Waals surface area contributed by atoms with Gasteiger partial charge in [0.15, 0.2) is 0 Å². The third-order valence-electron chi connectivity index (χ3n) is 5.08. The molecule has 146 valence electrons. The number of nitrogens with one attached hydrogen (secondary N) is 2. The Kier molecular flexibility index (Phi) is 6.28. The number of para-hydroxylation sites is 1. The molecule has 2 N–H and O–H groups in total. The van der Waals surface area contributed by atoms with E-state index >= 15 is 0 Å². The first-order valence-electron chi connectivity index (χ1n) is 9.31. The van der Waals surface area contributed by atoms with Crippen molar-refractivity contribution < 1.29 is 9.53 Å². The van der Waals surface area contributed by atoms with Crippen LogP contribution in [0.5, 0.6) is 5.75 Å². The predicted molar refractivity (Wildman–Crippen MR) is 102 cm³/mol. The van der Waals surface area contributed by atoms with Gasteiger partial charge in [-0.3, -0.25) is 9.78 Å². The number of nitrogens with zero attached hydrogens (tertiary/aromatic N) is 3. The quantitative estimate of drug-likeness (QED) is 0.759. The van der Waals surface area contributed by atoms with Gasteiger partial charge in [0.25, 0.3) is 5.91 Å². The highest BCUT2D eigenvalue weighted by atomic mass is 16.5. The SMILES string of the molecule is COc1ccccc1CCN1CCCC(CN(C)C(=O)c2n[nH]c(=O)[nH]2)C1. The van der Waals surface area contributed by atoms with Gasteiger partial charge in [0.05, 0.1) is 7.11 Å². The van der Waals surface area contributed by atoms with Gasteiger partial charge in [-0.15, -0.1) is 5.10 Å². The van der Waals surface area contributed by atoms with E-state index in [1.165, 1.54) is 5.56 Å². The summed E-state index contributed by atoms with van der Waals surface area (Å²) in [7, 11) is 3.46. The van der Waals surface area contributed by atoms with Crippen LogP contribution in [0.3, 0.4) is 0 Å². The van der Waals surface area contributed by atoms with Crippen molar-refractivity contribution in [3.63, 3.8) is 0 Å². The molecule has 8 nitrogen and oxygen atoms in total. The van der Waals surface area contributed by atoms with E-state index in [1.807, 2.05) is 18.2 Å². The number of carbonyl (C=O) groups excluding carboxylic acids is 1. The summed E-state index contributed by atoms with van der Waals surface area (Å²) in [5.74, 6) is 1.14. The number of H-pyrrole nitrogens is 2. The van der Waals surface area contributed by atoms with Gasteiger partial charge < -0.3 is 14.5 Å². The Morgan fingerprint density at radius 1 is 1.41 bits per heavy atom. The summed E-state index contributed by atoms with van der Waals surface area (Å²) in [4.78, 5) is 30.0. The number of carbonyl (C=O) groups is 1. The first-order chi connectivity index (χ1) is 13.1. The second-order valence-corrected chi connectivity index (χ2v) is 7.08. The smallest absolute Gasteiger partial charge is 0.341 e. The van der Waals surface area contributed by atoms with Gasteiger partial charge in [-0.05, 0) is 43.4 Å². The molecular formula is C19H27N5O3. The number of aromatic amines is 2. The van der Waals surface area contributed by atoms with Crippen molar-refractivity contribution in [2.24, 2.45) is 5.92 Å². The highest BCUT2D eigenvalue weighted by Crippen LogP contribution is 2.21. The fourth-order valence-corrected chi connectivity index (χ4v) is 3.71. The molecule has 1 aromatic carbocycles. The molecule has 0 bridgehead atoms. The molecule has 3 rings (SSSR count). The topological polar surface area (TPSA) is 94.3 Å². The predicted octanol–water partition coefficient (Wildman–Crippen LogP) is 1.13. The number of rotatable bonds is 7. The number of amides is 1. The Hall–Kier alpha value is -2.61. The van der Waals surface area contributed by atoms with Crippen LogP contribution in [0.2, 0.25) is 0 Å². The van der Waals surface area contributed by atoms with E-state index in [4.69, 9.17) is 4.74 Å². The van der Waals surface area contributed by atoms with Crippen LogP contribution in [0.1, 0.15) is 29.0 Å². The molecule has 1 amide bonds. The summed E-state index contributed by atoms with van der Waals surface area (Å²) in [5.41, 5.74) is 0.754. The standard InChI is InChI=1S/C19H27N5O3/c1-23(18(25)17-20-19(26)22-21-17)12-14-6-5-10-24(13-14)11-9-15-7-3-4-8-16(15)27-2/h3-4,7-8,14H,5-6,9-13H2,1-2H3,(H2,20,21,22,26). The molecule has 0 radical (unpaired) electrons. The Labute approximate surface area is 158 Å². The lowest BCUT2D eigenvalue weighted by Gasteiger charge is -2.34. The van der Waals surface area contributed by atoms with Crippen LogP contribution < -0.4 is 10.4 Å². The zero-order chi connectivity index (χ0) is 19.2. The second-order valence-electron chi connectivity index (χ2n) is 7.08. The van der Waals surface area contributed by atoms with Crippen LogP contribution in [-0.2, 0) is 6.42 Å². The Bertz CT molecular complexity index is 815. The van der Waals surface area contributed by atoms with E-state index in [0.29, 0.717) is 12.5 Å². The highest BCUT2D eigenvalue weighted by Gasteiger charge is 2.24. The lowest BCUT2D eigenvalue weighted by Crippen LogP contribution is -2.42. The molecule has 1 atom stereocenters. The van der Waals surface area contributed by atoms with Crippen LogP contribution in [0.15, 0.2) is 29.1 Å². The number of piperidine rings is 1. The molecule has 0 saturated carbocycles. The molecule has 1 aliphatic rings. The van der Waals surface area contributed by atoms with E-state index in [9.17, 15) is 9.59 Å². The van der Waals surface area contributed by atoms with Crippen LogP contribution in [0.4, 0.5) is 0 Å². The Balaban J connectivity index is 1.51. The maximum absolute atomic E-state index is 12.3. The van der Waals surface area contributed by atoms with E-state index in [2.05, 4.69) is 26.1 Å². The van der Waals surface area contributed by atoms with E-state index < -0.39 is 5.69 Å². The third kappa shape index (κ3) is 4.97. The van der Waals surface area contributed by atoms with Crippen LogP contribution in [0, 0.1) is 5.92 Å². The fraction of sp³-hybridized carbons (Fsp3) is 0.526. The molecule has 0 aliphatic carbocycles. The molecule has 1 saturated heterocycles. The molecule has 0 spiro atoms. The lowest BCUT2D eigenvalue weighted by atomic mass is 9.97. The van der Waals surface area contributed by atoms with E-state index in [1.54, 1.807) is 19.1 Å². The summed E-state index contributed by atoms with van der Waals surface area (Å²) >= 11 is 0. The van der Waals surface area contributed by atoms with Gasteiger partial charge in [0, 0.05) is 26.7 Å². The van der Waals surface area contributed by atoms with Crippen molar-refractivity contribution in [2.45, 2.75) is 19.3 Å². The average Bonchev–Trinajstić information content (AvgIpc) is 3.12. The van der Waals surface area contributed by atoms with Crippen molar-refractivity contribution in [1.82, 2.24) is 25.0 Å². The molecule has 2 heterocycles. The maximum atomic E-state index is 12.3. The van der Waals surface area contributed by atoms with Gasteiger partial charge in [-0.2, -0.15) is 0 Å². The monoisotopic (exact) mass is 373 g/mol. The zero-order valence-electron chi connectivity index (χ0n) is 15.9. The first kappa shape index (κ1) is 19.2. The second kappa shape index (κ2) is 8.85. The number of aromatic nitrogens is 3. The number of ether oxygens (including phenoxy) is 1. The zero-order valence-corrected chi connectivity index (χ0v) is 15.9. The Morgan fingerprint density at radius 3 is 2.96 bits per heavy atom. The summed E-state index contributed by atoms with van der Waals surface area (Å²) < 4.78 is 5.43. The Morgan fingerprint density at radius 2 is 2.22 bits per heavy atom. The summed E-state index contributed by atoms with van der Waals surface area (Å²) in [6.45, 7) is 3.67. The van der Waals surface area contributed by atoms with Crippen molar-refractivity contribution in [1.29, 1.82) is 0 Å². The number of hydrogen-bond donors (Lipinski definition) is 2. The first-order valence-corrected chi connectivity index (χ1v) is 9.31. The van der Waals surface area contributed by atoms with Crippen molar-refractivity contribution in [3.8, 4) is 5.75 Å².